The quantitative estimate of drug-likeness (QED) is 0.763. The largest absolute Gasteiger partial charge is 0.494 e. The molecule has 3 N–H and O–H groups in total. The summed E-state index contributed by atoms with van der Waals surface area (Å²) in [5.74, 6) is -0.457. The van der Waals surface area contributed by atoms with E-state index in [1.54, 1.807) is 6.07 Å². The van der Waals surface area contributed by atoms with Crippen molar-refractivity contribution in [1.29, 1.82) is 0 Å². The smallest absolute Gasteiger partial charge is 0.171 e. The van der Waals surface area contributed by atoms with Gasteiger partial charge in [0.25, 0.3) is 0 Å². The molecule has 1 aromatic carbocycles. The Morgan fingerprint density at radius 1 is 1.57 bits per heavy atom. The zero-order valence-corrected chi connectivity index (χ0v) is 8.25. The van der Waals surface area contributed by atoms with Gasteiger partial charge in [-0.15, -0.1) is 0 Å². The van der Waals surface area contributed by atoms with E-state index in [4.69, 9.17) is 10.5 Å². The Hall–Kier alpha value is -1.13. The molecule has 0 heterocycles. The van der Waals surface area contributed by atoms with E-state index in [1.165, 1.54) is 26.2 Å². The molecule has 0 bridgehead atoms. The van der Waals surface area contributed by atoms with Gasteiger partial charge < -0.3 is 15.6 Å². The molecular formula is C10H14FNO2. The Balaban J connectivity index is 3.22. The van der Waals surface area contributed by atoms with E-state index >= 15 is 0 Å². The highest BCUT2D eigenvalue weighted by molar-refractivity contribution is 5.34. The van der Waals surface area contributed by atoms with Crippen LogP contribution in [0.5, 0.6) is 5.75 Å². The average Bonchev–Trinajstić information content (AvgIpc) is 2.18. The molecule has 14 heavy (non-hydrogen) atoms. The van der Waals surface area contributed by atoms with Gasteiger partial charge in [-0.2, -0.15) is 0 Å². The predicted molar refractivity (Wildman–Crippen MR) is 51.6 cm³/mol. The van der Waals surface area contributed by atoms with Crippen molar-refractivity contribution in [1.82, 2.24) is 0 Å². The van der Waals surface area contributed by atoms with Gasteiger partial charge in [0, 0.05) is 12.1 Å². The Morgan fingerprint density at radius 3 is 2.71 bits per heavy atom. The van der Waals surface area contributed by atoms with Crippen LogP contribution in [0.1, 0.15) is 12.5 Å². The van der Waals surface area contributed by atoms with Crippen molar-refractivity contribution in [2.75, 3.05) is 13.7 Å². The van der Waals surface area contributed by atoms with Crippen molar-refractivity contribution in [3.8, 4) is 5.75 Å². The van der Waals surface area contributed by atoms with Crippen molar-refractivity contribution < 1.29 is 14.2 Å². The molecule has 4 heteroatoms. The molecular weight excluding hydrogens is 185 g/mol. The SMILES string of the molecule is COc1cccc(C(C)(O)CN)c1F. The lowest BCUT2D eigenvalue weighted by molar-refractivity contribution is 0.0624. The summed E-state index contributed by atoms with van der Waals surface area (Å²) in [6, 6.07) is 4.59. The molecule has 0 radical (unpaired) electrons. The lowest BCUT2D eigenvalue weighted by Gasteiger charge is -2.22. The van der Waals surface area contributed by atoms with Crippen molar-refractivity contribution in [3.63, 3.8) is 0 Å². The molecule has 0 aromatic heterocycles. The van der Waals surface area contributed by atoms with E-state index in [-0.39, 0.29) is 17.9 Å². The monoisotopic (exact) mass is 199 g/mol. The fraction of sp³-hybridized carbons (Fsp3) is 0.400. The molecule has 1 unspecified atom stereocenters. The molecule has 0 spiro atoms. The molecule has 0 saturated heterocycles. The third-order valence-corrected chi connectivity index (χ3v) is 2.16. The minimum atomic E-state index is -1.36. The van der Waals surface area contributed by atoms with E-state index in [9.17, 15) is 9.50 Å². The number of hydrogen-bond acceptors (Lipinski definition) is 3. The zero-order chi connectivity index (χ0) is 10.8. The van der Waals surface area contributed by atoms with E-state index in [2.05, 4.69) is 0 Å². The molecule has 1 rings (SSSR count). The van der Waals surface area contributed by atoms with E-state index < -0.39 is 11.4 Å². The number of nitrogens with two attached hydrogens (primary N) is 1. The van der Waals surface area contributed by atoms with Crippen molar-refractivity contribution in [2.45, 2.75) is 12.5 Å². The first kappa shape index (κ1) is 10.9. The van der Waals surface area contributed by atoms with Gasteiger partial charge >= 0.3 is 0 Å². The first-order valence-corrected chi connectivity index (χ1v) is 4.28. The fourth-order valence-corrected chi connectivity index (χ4v) is 1.19. The van der Waals surface area contributed by atoms with Gasteiger partial charge in [-0.1, -0.05) is 12.1 Å². The zero-order valence-electron chi connectivity index (χ0n) is 8.25. The summed E-state index contributed by atoms with van der Waals surface area (Å²) in [5, 5.41) is 9.77. The van der Waals surface area contributed by atoms with Gasteiger partial charge in [-0.3, -0.25) is 0 Å². The minimum Gasteiger partial charge on any atom is -0.494 e. The van der Waals surface area contributed by atoms with Crippen molar-refractivity contribution in [3.05, 3.63) is 29.6 Å². The lowest BCUT2D eigenvalue weighted by atomic mass is 9.95. The molecule has 1 atom stereocenters. The van der Waals surface area contributed by atoms with E-state index in [0.29, 0.717) is 0 Å². The highest BCUT2D eigenvalue weighted by Crippen LogP contribution is 2.28. The summed E-state index contributed by atoms with van der Waals surface area (Å²) >= 11 is 0. The Bertz CT molecular complexity index is 326. The first-order valence-electron chi connectivity index (χ1n) is 4.28. The maximum atomic E-state index is 13.6. The number of aliphatic hydroxyl groups is 1. The van der Waals surface area contributed by atoms with Gasteiger partial charge in [0.1, 0.15) is 5.60 Å². The topological polar surface area (TPSA) is 55.5 Å². The van der Waals surface area contributed by atoms with Crippen LogP contribution >= 0.6 is 0 Å². The minimum absolute atomic E-state index is 0.0446. The number of ether oxygens (including phenoxy) is 1. The van der Waals surface area contributed by atoms with Gasteiger partial charge in [-0.05, 0) is 13.0 Å². The summed E-state index contributed by atoms with van der Waals surface area (Å²) in [4.78, 5) is 0. The van der Waals surface area contributed by atoms with Crippen LogP contribution < -0.4 is 10.5 Å². The number of halogens is 1. The number of methoxy groups -OCH3 is 1. The van der Waals surface area contributed by atoms with Gasteiger partial charge in [0.2, 0.25) is 0 Å². The highest BCUT2D eigenvalue weighted by atomic mass is 19.1. The molecule has 0 aliphatic carbocycles. The Kier molecular flexibility index (Phi) is 3.08. The molecule has 0 fully saturated rings. The van der Waals surface area contributed by atoms with E-state index in [1.807, 2.05) is 0 Å². The molecule has 0 saturated carbocycles. The molecule has 0 aliphatic rings. The normalized spacial score (nSPS) is 14.9. The third-order valence-electron chi connectivity index (χ3n) is 2.16. The third kappa shape index (κ3) is 1.86. The van der Waals surface area contributed by atoms with Crippen LogP contribution in [0.4, 0.5) is 4.39 Å². The summed E-state index contributed by atoms with van der Waals surface area (Å²) in [7, 11) is 1.37. The summed E-state index contributed by atoms with van der Waals surface area (Å²) in [6.45, 7) is 1.42. The number of rotatable bonds is 3. The van der Waals surface area contributed by atoms with Crippen LogP contribution in [0.3, 0.4) is 0 Å². The molecule has 78 valence electrons. The highest BCUT2D eigenvalue weighted by Gasteiger charge is 2.26. The fourth-order valence-electron chi connectivity index (χ4n) is 1.19. The molecule has 0 amide bonds. The van der Waals surface area contributed by atoms with Crippen LogP contribution in [-0.2, 0) is 5.60 Å². The summed E-state index contributed by atoms with van der Waals surface area (Å²) in [6.07, 6.45) is 0. The van der Waals surface area contributed by atoms with Gasteiger partial charge in [-0.25, -0.2) is 4.39 Å². The van der Waals surface area contributed by atoms with Crippen molar-refractivity contribution in [2.24, 2.45) is 5.73 Å². The first-order chi connectivity index (χ1) is 6.53. The van der Waals surface area contributed by atoms with Crippen LogP contribution in [0.25, 0.3) is 0 Å². The maximum Gasteiger partial charge on any atom is 0.171 e. The summed E-state index contributed by atoms with van der Waals surface area (Å²) in [5.41, 5.74) is 4.13. The number of hydrogen-bond donors (Lipinski definition) is 2. The standard InChI is InChI=1S/C10H14FNO2/c1-10(13,6-12)7-4-3-5-8(14-2)9(7)11/h3-5,13H,6,12H2,1-2H3. The summed E-state index contributed by atoms with van der Waals surface area (Å²) < 4.78 is 18.4. The average molecular weight is 199 g/mol. The maximum absolute atomic E-state index is 13.6. The van der Waals surface area contributed by atoms with Crippen LogP contribution in [0.15, 0.2) is 18.2 Å². The van der Waals surface area contributed by atoms with Crippen molar-refractivity contribution >= 4 is 0 Å². The van der Waals surface area contributed by atoms with Crippen LogP contribution in [-0.4, -0.2) is 18.8 Å². The lowest BCUT2D eigenvalue weighted by Crippen LogP contribution is -2.32. The second-order valence-electron chi connectivity index (χ2n) is 3.30. The second kappa shape index (κ2) is 3.94. The van der Waals surface area contributed by atoms with Crippen LogP contribution in [0, 0.1) is 5.82 Å². The molecule has 3 nitrogen and oxygen atoms in total. The van der Waals surface area contributed by atoms with Crippen LogP contribution in [0.2, 0.25) is 0 Å². The predicted octanol–water partition coefficient (Wildman–Crippen LogP) is 1.00. The second-order valence-corrected chi connectivity index (χ2v) is 3.30. The van der Waals surface area contributed by atoms with Gasteiger partial charge in [0.05, 0.1) is 7.11 Å². The van der Waals surface area contributed by atoms with Gasteiger partial charge in [0.15, 0.2) is 11.6 Å². The molecule has 0 aliphatic heterocycles. The van der Waals surface area contributed by atoms with E-state index in [0.717, 1.165) is 0 Å². The Morgan fingerprint density at radius 2 is 2.21 bits per heavy atom. The Labute approximate surface area is 82.3 Å². The number of benzene rings is 1. The molecule has 1 aromatic rings.